The highest BCUT2D eigenvalue weighted by Crippen LogP contribution is 2.33. The van der Waals surface area contributed by atoms with Crippen LogP contribution < -0.4 is 10.6 Å². The number of aromatic nitrogens is 8. The van der Waals surface area contributed by atoms with E-state index < -0.39 is 9.84 Å². The smallest absolute Gasteiger partial charge is 0.250 e. The van der Waals surface area contributed by atoms with Crippen LogP contribution in [0, 0.1) is 0 Å². The van der Waals surface area contributed by atoms with Crippen molar-refractivity contribution in [1.29, 1.82) is 0 Å². The second-order valence-electron chi connectivity index (χ2n) is 16.5. The molecule has 0 bridgehead atoms. The number of ether oxygens (including phenoxy) is 2. The van der Waals surface area contributed by atoms with E-state index in [1.807, 2.05) is 53.5 Å². The largest absolute Gasteiger partial charge is 0.367 e. The molecule has 2 saturated heterocycles. The van der Waals surface area contributed by atoms with Crippen LogP contribution in [0.15, 0.2) is 144 Å². The van der Waals surface area contributed by atoms with Gasteiger partial charge in [0.15, 0.2) is 39.1 Å². The van der Waals surface area contributed by atoms with Crippen molar-refractivity contribution in [2.45, 2.75) is 73.1 Å². The average molecular weight is 923 g/mol. The number of nitrogens with zero attached hydrogens (tertiary/aromatic N) is 8. The Hall–Kier alpha value is -6.20. The lowest BCUT2D eigenvalue weighted by atomic mass is 9.91. The number of hydrogen-bond donors (Lipinski definition) is 2. The summed E-state index contributed by atoms with van der Waals surface area (Å²) in [6, 6.07) is 41.6. The maximum atomic E-state index is 12.4. The van der Waals surface area contributed by atoms with Gasteiger partial charge in [-0.05, 0) is 67.0 Å². The molecule has 2 N–H and O–H groups in total. The van der Waals surface area contributed by atoms with Gasteiger partial charge in [-0.25, -0.2) is 28.4 Å². The third-order valence-electron chi connectivity index (χ3n) is 12.0. The maximum Gasteiger partial charge on any atom is 0.250 e. The van der Waals surface area contributed by atoms with Gasteiger partial charge in [-0.3, -0.25) is 9.13 Å². The Morgan fingerprint density at radius 3 is 1.38 bits per heavy atom. The van der Waals surface area contributed by atoms with Crippen LogP contribution in [-0.2, 0) is 19.3 Å². The third-order valence-corrected chi connectivity index (χ3v) is 13.4. The van der Waals surface area contributed by atoms with Crippen LogP contribution in [0.3, 0.4) is 0 Å². The first-order valence-electron chi connectivity index (χ1n) is 22.5. The number of nitrogens with one attached hydrogen (secondary N) is 2. The fraction of sp³-hybridized carbons (Fsp3) is 0.320. The van der Waals surface area contributed by atoms with Crippen molar-refractivity contribution in [3.8, 4) is 0 Å². The number of thioether (sulfide) groups is 1. The second kappa shape index (κ2) is 21.0. The molecule has 66 heavy (non-hydrogen) atoms. The Morgan fingerprint density at radius 2 is 1.00 bits per heavy atom. The minimum atomic E-state index is -3.63. The Labute approximate surface area is 389 Å². The molecule has 340 valence electrons. The molecule has 0 amide bonds. The normalized spacial score (nSPS) is 16.6. The minimum Gasteiger partial charge on any atom is -0.367 e. The molecule has 2 aliphatic rings. The number of anilines is 2. The number of fused-ring (bicyclic) bond motifs is 2. The molecule has 0 spiro atoms. The Bertz CT molecular complexity index is 2850. The molecule has 0 saturated carbocycles. The molecule has 16 heteroatoms. The van der Waals surface area contributed by atoms with E-state index in [-0.39, 0.29) is 29.4 Å². The average Bonchev–Trinajstić information content (AvgIpc) is 4.01. The highest BCUT2D eigenvalue weighted by atomic mass is 32.2. The molecule has 0 aliphatic carbocycles. The Morgan fingerprint density at radius 1 is 0.591 bits per heavy atom. The lowest BCUT2D eigenvalue weighted by Crippen LogP contribution is -2.19. The van der Waals surface area contributed by atoms with Crippen LogP contribution in [0.1, 0.15) is 85.1 Å². The summed E-state index contributed by atoms with van der Waals surface area (Å²) in [5, 5.41) is 7.48. The number of imidazole rings is 2. The zero-order valence-electron chi connectivity index (χ0n) is 37.1. The number of sulfone groups is 1. The highest BCUT2D eigenvalue weighted by molar-refractivity contribution is 7.98. The molecule has 14 nitrogen and oxygen atoms in total. The van der Waals surface area contributed by atoms with E-state index in [4.69, 9.17) is 19.4 Å². The van der Waals surface area contributed by atoms with E-state index in [1.54, 1.807) is 6.33 Å². The van der Waals surface area contributed by atoms with Gasteiger partial charge in [0.05, 0.1) is 12.7 Å². The van der Waals surface area contributed by atoms with E-state index in [2.05, 4.69) is 120 Å². The van der Waals surface area contributed by atoms with E-state index in [0.717, 1.165) is 84.7 Å². The summed E-state index contributed by atoms with van der Waals surface area (Å²) >= 11 is 1.54. The molecule has 2 fully saturated rings. The van der Waals surface area contributed by atoms with Gasteiger partial charge in [-0.15, -0.1) is 0 Å². The zero-order valence-corrected chi connectivity index (χ0v) is 38.7. The van der Waals surface area contributed by atoms with Gasteiger partial charge in [-0.1, -0.05) is 133 Å². The molecule has 8 aromatic rings. The minimum absolute atomic E-state index is 0.00686. The van der Waals surface area contributed by atoms with E-state index in [0.29, 0.717) is 36.7 Å². The molecule has 4 aromatic carbocycles. The summed E-state index contributed by atoms with van der Waals surface area (Å²) in [5.74, 6) is 1.41. The Balaban J connectivity index is 0.000000166. The first-order chi connectivity index (χ1) is 32.3. The van der Waals surface area contributed by atoms with Crippen LogP contribution in [0.4, 0.5) is 11.6 Å². The van der Waals surface area contributed by atoms with E-state index >= 15 is 0 Å². The molecule has 2 aliphatic heterocycles. The van der Waals surface area contributed by atoms with Crippen molar-refractivity contribution in [3.63, 3.8) is 0 Å². The highest BCUT2D eigenvalue weighted by Gasteiger charge is 2.26. The van der Waals surface area contributed by atoms with Crippen molar-refractivity contribution in [2.75, 3.05) is 49.4 Å². The van der Waals surface area contributed by atoms with Gasteiger partial charge >= 0.3 is 0 Å². The monoisotopic (exact) mass is 922 g/mol. The SMILES string of the molecule is CS(=O)(=O)c1nc(NCC(c2ccccc2)c2ccccc2)c2ncn(C3CCCCO3)c2n1.CSc1nc(NCC(c2ccccc2)c2ccccc2)c2ncn(C3CCCCO3)c2n1. The standard InChI is InChI=1S/C25H27N5O3S.C25H27N5OS/c1-34(31,32)25-28-23(22-24(29-25)30(17-27-22)21-14-8-9-15-33-21)26-16-20(18-10-4-2-5-11-18)19-12-6-3-7-13-19;1-32-25-28-23(22-24(29-25)30(17-27-22)21-14-8-9-15-31-21)26-16-20(18-10-4-2-5-11-18)19-12-6-3-7-13-19/h2-7,10-13,17,20-21H,8-9,14-16H2,1H3,(H,26,28,29);2-7,10-13,17,20-21H,8-9,14-16H2,1H3,(H,26,28,29). The van der Waals surface area contributed by atoms with E-state index in [9.17, 15) is 8.42 Å². The first-order valence-corrected chi connectivity index (χ1v) is 25.6. The van der Waals surface area contributed by atoms with Gasteiger partial charge in [0, 0.05) is 44.4 Å². The van der Waals surface area contributed by atoms with Gasteiger partial charge in [0.25, 0.3) is 5.16 Å². The van der Waals surface area contributed by atoms with Crippen molar-refractivity contribution in [2.24, 2.45) is 0 Å². The van der Waals surface area contributed by atoms with Gasteiger partial charge in [-0.2, -0.15) is 9.97 Å². The van der Waals surface area contributed by atoms with Gasteiger partial charge in [0.2, 0.25) is 9.84 Å². The molecule has 2 unspecified atom stereocenters. The summed E-state index contributed by atoms with van der Waals surface area (Å²) < 4.78 is 40.6. The summed E-state index contributed by atoms with van der Waals surface area (Å²) in [7, 11) is -3.63. The van der Waals surface area contributed by atoms with Crippen LogP contribution >= 0.6 is 11.8 Å². The number of benzene rings is 4. The molecular weight excluding hydrogens is 869 g/mol. The first kappa shape index (κ1) is 45.0. The van der Waals surface area contributed by atoms with Gasteiger partial charge in [0.1, 0.15) is 12.5 Å². The summed E-state index contributed by atoms with van der Waals surface area (Å²) in [6.07, 6.45) is 12.5. The van der Waals surface area contributed by atoms with Crippen LogP contribution in [0.5, 0.6) is 0 Å². The third kappa shape index (κ3) is 10.4. The molecule has 4 aromatic heterocycles. The van der Waals surface area contributed by atoms with Gasteiger partial charge < -0.3 is 20.1 Å². The second-order valence-corrected chi connectivity index (χ2v) is 19.2. The zero-order chi connectivity index (χ0) is 45.3. The van der Waals surface area contributed by atoms with Crippen molar-refractivity contribution < 1.29 is 17.9 Å². The molecule has 6 heterocycles. The van der Waals surface area contributed by atoms with Crippen molar-refractivity contribution in [1.82, 2.24) is 39.0 Å². The predicted molar refractivity (Wildman–Crippen MR) is 260 cm³/mol. The van der Waals surface area contributed by atoms with Crippen LogP contribution in [0.2, 0.25) is 0 Å². The summed E-state index contributed by atoms with van der Waals surface area (Å²) in [5.41, 5.74) is 7.44. The Kier molecular flexibility index (Phi) is 14.3. The summed E-state index contributed by atoms with van der Waals surface area (Å²) in [6.45, 7) is 2.66. The number of hydrogen-bond acceptors (Lipinski definition) is 13. The topological polar surface area (TPSA) is 164 Å². The molecular formula is C50H54N10O4S2. The molecule has 2 atom stereocenters. The number of rotatable bonds is 14. The fourth-order valence-electron chi connectivity index (χ4n) is 8.60. The van der Waals surface area contributed by atoms with Crippen molar-refractivity contribution >= 4 is 55.6 Å². The fourth-order valence-corrected chi connectivity index (χ4v) is 9.47. The van der Waals surface area contributed by atoms with E-state index in [1.165, 1.54) is 22.9 Å². The summed E-state index contributed by atoms with van der Waals surface area (Å²) in [4.78, 5) is 27.5. The van der Waals surface area contributed by atoms with Crippen LogP contribution in [-0.4, -0.2) is 86.3 Å². The quantitative estimate of drug-likeness (QED) is 0.0784. The van der Waals surface area contributed by atoms with Crippen molar-refractivity contribution in [3.05, 3.63) is 156 Å². The molecule has 10 rings (SSSR count). The molecule has 0 radical (unpaired) electrons. The predicted octanol–water partition coefficient (Wildman–Crippen LogP) is 9.66. The lowest BCUT2D eigenvalue weighted by molar-refractivity contribution is -0.0299. The lowest BCUT2D eigenvalue weighted by Gasteiger charge is -2.24. The maximum absolute atomic E-state index is 12.4. The van der Waals surface area contributed by atoms with Crippen LogP contribution in [0.25, 0.3) is 22.3 Å².